The Bertz CT molecular complexity index is 1170. The van der Waals surface area contributed by atoms with Gasteiger partial charge in [-0.2, -0.15) is 0 Å². The first kappa shape index (κ1) is 21.2. The van der Waals surface area contributed by atoms with E-state index < -0.39 is 5.97 Å². The number of thiazole rings is 1. The number of amides is 2. The third-order valence-electron chi connectivity index (χ3n) is 7.94. The van der Waals surface area contributed by atoms with Crippen LogP contribution < -0.4 is 4.87 Å². The standard InChI is InChI=1S/C23H24N2O6S2/c26-13(27)6-2-1-3-7-25-21(28)15-10-9-11(16(15)22(25)29)18-14(10)17(12-5-4-8-31-12)19-20(32-18)24-23(30)33-19/h4-5,8,10-11,14-18H,1-3,6-7,9H2,(H,24,30)(H,26,27)/t10-,11+,14-,15+,16+,17+,18+/m0/s1. The highest BCUT2D eigenvalue weighted by Gasteiger charge is 2.69. The molecule has 10 heteroatoms. The molecular formula is C23H24N2O6S2. The molecule has 2 N–H and O–H groups in total. The maximum atomic E-state index is 13.4. The van der Waals surface area contributed by atoms with E-state index in [1.54, 1.807) is 18.0 Å². The van der Waals surface area contributed by atoms with Crippen LogP contribution in [0.25, 0.3) is 0 Å². The van der Waals surface area contributed by atoms with E-state index in [0.717, 1.165) is 22.1 Å². The monoisotopic (exact) mass is 488 g/mol. The number of fused-ring (bicyclic) bond motifs is 9. The first-order valence-electron chi connectivity index (χ1n) is 11.5. The van der Waals surface area contributed by atoms with E-state index >= 15 is 0 Å². The van der Waals surface area contributed by atoms with Crippen molar-refractivity contribution in [2.75, 3.05) is 6.54 Å². The maximum Gasteiger partial charge on any atom is 0.305 e. The molecule has 2 aromatic rings. The largest absolute Gasteiger partial charge is 0.481 e. The highest BCUT2D eigenvalue weighted by atomic mass is 32.2. The third-order valence-corrected chi connectivity index (χ3v) is 10.5. The number of nitrogens with one attached hydrogen (secondary N) is 1. The third kappa shape index (κ3) is 3.17. The predicted octanol–water partition coefficient (Wildman–Crippen LogP) is 3.15. The summed E-state index contributed by atoms with van der Waals surface area (Å²) in [6.07, 6.45) is 4.48. The van der Waals surface area contributed by atoms with Crippen molar-refractivity contribution in [3.05, 3.63) is 38.7 Å². The molecule has 174 valence electrons. The topological polar surface area (TPSA) is 121 Å². The second-order valence-electron chi connectivity index (χ2n) is 9.51. The Morgan fingerprint density at radius 2 is 1.94 bits per heavy atom. The molecule has 0 aromatic carbocycles. The molecule has 2 aliphatic carbocycles. The number of imide groups is 1. The average Bonchev–Trinajstić information content (AvgIpc) is 3.57. The Morgan fingerprint density at radius 1 is 1.15 bits per heavy atom. The molecule has 2 bridgehead atoms. The number of aromatic nitrogens is 1. The number of unbranched alkanes of at least 4 members (excludes halogenated alkanes) is 2. The molecule has 2 amide bonds. The number of furan rings is 1. The summed E-state index contributed by atoms with van der Waals surface area (Å²) in [5.74, 6) is -0.429. The van der Waals surface area contributed by atoms with E-state index in [-0.39, 0.29) is 63.9 Å². The fourth-order valence-electron chi connectivity index (χ4n) is 6.81. The number of hydrogen-bond acceptors (Lipinski definition) is 7. The summed E-state index contributed by atoms with van der Waals surface area (Å²) in [6.45, 7) is 0.370. The van der Waals surface area contributed by atoms with Crippen LogP contribution in [0.3, 0.4) is 0 Å². The molecule has 4 aliphatic rings. The number of rotatable bonds is 7. The Hall–Kier alpha value is -2.33. The Morgan fingerprint density at radius 3 is 2.67 bits per heavy atom. The highest BCUT2D eigenvalue weighted by Crippen LogP contribution is 2.68. The molecule has 1 saturated heterocycles. The number of hydrogen-bond donors (Lipinski definition) is 2. The quantitative estimate of drug-likeness (QED) is 0.454. The van der Waals surface area contributed by atoms with Crippen molar-refractivity contribution in [1.82, 2.24) is 9.88 Å². The Labute approximate surface area is 197 Å². The second-order valence-corrected chi connectivity index (χ2v) is 11.7. The molecule has 33 heavy (non-hydrogen) atoms. The average molecular weight is 489 g/mol. The molecule has 0 unspecified atom stereocenters. The van der Waals surface area contributed by atoms with Gasteiger partial charge in [0, 0.05) is 18.2 Å². The summed E-state index contributed by atoms with van der Waals surface area (Å²) in [5.41, 5.74) is 0. The van der Waals surface area contributed by atoms with E-state index in [0.29, 0.717) is 25.8 Å². The van der Waals surface area contributed by atoms with Gasteiger partial charge in [-0.1, -0.05) is 17.8 Å². The minimum atomic E-state index is -0.824. The van der Waals surface area contributed by atoms with Gasteiger partial charge in [0.25, 0.3) is 0 Å². The molecule has 6 rings (SSSR count). The van der Waals surface area contributed by atoms with E-state index in [2.05, 4.69) is 4.98 Å². The number of H-pyrrole nitrogens is 1. The second kappa shape index (κ2) is 7.87. The van der Waals surface area contributed by atoms with Crippen LogP contribution in [0.2, 0.25) is 0 Å². The van der Waals surface area contributed by atoms with E-state index in [1.165, 1.54) is 16.2 Å². The predicted molar refractivity (Wildman–Crippen MR) is 120 cm³/mol. The summed E-state index contributed by atoms with van der Waals surface area (Å²) >= 11 is 2.89. The smallest absolute Gasteiger partial charge is 0.305 e. The zero-order valence-electron chi connectivity index (χ0n) is 17.8. The molecule has 7 atom stereocenters. The fraction of sp³-hybridized carbons (Fsp3) is 0.565. The summed E-state index contributed by atoms with van der Waals surface area (Å²) in [7, 11) is 0. The first-order chi connectivity index (χ1) is 16.0. The molecule has 2 saturated carbocycles. The molecule has 0 radical (unpaired) electrons. The summed E-state index contributed by atoms with van der Waals surface area (Å²) in [5, 5.41) is 9.83. The fourth-order valence-corrected chi connectivity index (χ4v) is 9.68. The van der Waals surface area contributed by atoms with Gasteiger partial charge in [-0.25, -0.2) is 0 Å². The molecule has 3 fully saturated rings. The SMILES string of the molecule is O=C(O)CCCCCN1C(=O)[C@@H]2[C@H]3C[C@@H]([C@H]4Sc5[nH]c(=O)sc5[C@H](c5ccco5)[C@H]34)[C@H]2C1=O. The van der Waals surface area contributed by atoms with Gasteiger partial charge in [0.2, 0.25) is 11.8 Å². The van der Waals surface area contributed by atoms with Gasteiger partial charge in [-0.05, 0) is 49.1 Å². The number of aliphatic carboxylic acids is 1. The maximum absolute atomic E-state index is 13.4. The molecule has 2 aliphatic heterocycles. The van der Waals surface area contributed by atoms with Crippen LogP contribution in [0.1, 0.15) is 48.7 Å². The van der Waals surface area contributed by atoms with Crippen molar-refractivity contribution in [3.63, 3.8) is 0 Å². The van der Waals surface area contributed by atoms with Crippen molar-refractivity contribution in [2.45, 2.75) is 48.3 Å². The van der Waals surface area contributed by atoms with Crippen LogP contribution in [-0.2, 0) is 14.4 Å². The molecule has 4 heterocycles. The lowest BCUT2D eigenvalue weighted by Gasteiger charge is -2.42. The van der Waals surface area contributed by atoms with Gasteiger partial charge in [-0.15, -0.1) is 11.8 Å². The van der Waals surface area contributed by atoms with Crippen molar-refractivity contribution >= 4 is 40.9 Å². The molecular weight excluding hydrogens is 464 g/mol. The van der Waals surface area contributed by atoms with Crippen molar-refractivity contribution < 1.29 is 23.9 Å². The number of carbonyl (C=O) groups excluding carboxylic acids is 2. The zero-order chi connectivity index (χ0) is 22.9. The summed E-state index contributed by atoms with van der Waals surface area (Å²) in [4.78, 5) is 54.9. The van der Waals surface area contributed by atoms with Crippen molar-refractivity contribution in [3.8, 4) is 0 Å². The Balaban J connectivity index is 1.27. The van der Waals surface area contributed by atoms with Crippen LogP contribution in [0.5, 0.6) is 0 Å². The highest BCUT2D eigenvalue weighted by molar-refractivity contribution is 8.00. The Kier molecular flexibility index (Phi) is 5.06. The van der Waals surface area contributed by atoms with Gasteiger partial charge in [0.1, 0.15) is 5.76 Å². The normalized spacial score (nSPS) is 33.9. The first-order valence-corrected chi connectivity index (χ1v) is 13.2. The number of likely N-dealkylation sites (tertiary alicyclic amines) is 1. The van der Waals surface area contributed by atoms with E-state index in [9.17, 15) is 19.2 Å². The number of carbonyl (C=O) groups is 3. The van der Waals surface area contributed by atoms with Crippen LogP contribution in [0.4, 0.5) is 0 Å². The minimum Gasteiger partial charge on any atom is -0.481 e. The number of carboxylic acid groups (broad SMARTS) is 1. The van der Waals surface area contributed by atoms with Crippen LogP contribution in [-0.4, -0.2) is 44.6 Å². The number of nitrogens with zero attached hydrogens (tertiary/aromatic N) is 1. The lowest BCUT2D eigenvalue weighted by molar-refractivity contribution is -0.141. The van der Waals surface area contributed by atoms with E-state index in [4.69, 9.17) is 9.52 Å². The molecule has 0 spiro atoms. The van der Waals surface area contributed by atoms with Gasteiger partial charge < -0.3 is 14.5 Å². The van der Waals surface area contributed by atoms with E-state index in [1.807, 2.05) is 12.1 Å². The summed E-state index contributed by atoms with van der Waals surface area (Å²) in [6, 6.07) is 3.80. The van der Waals surface area contributed by atoms with Gasteiger partial charge in [0.05, 0.1) is 33.9 Å². The number of aromatic amines is 1. The van der Waals surface area contributed by atoms with Gasteiger partial charge in [0.15, 0.2) is 0 Å². The summed E-state index contributed by atoms with van der Waals surface area (Å²) < 4.78 is 5.81. The van der Waals surface area contributed by atoms with Gasteiger partial charge in [-0.3, -0.25) is 24.1 Å². The van der Waals surface area contributed by atoms with Crippen molar-refractivity contribution in [1.29, 1.82) is 0 Å². The van der Waals surface area contributed by atoms with Crippen LogP contribution in [0, 0.1) is 29.6 Å². The van der Waals surface area contributed by atoms with Crippen LogP contribution >= 0.6 is 23.1 Å². The lowest BCUT2D eigenvalue weighted by atomic mass is 9.69. The van der Waals surface area contributed by atoms with Crippen molar-refractivity contribution in [2.24, 2.45) is 29.6 Å². The molecule has 2 aromatic heterocycles. The minimum absolute atomic E-state index is 0.0612. The van der Waals surface area contributed by atoms with Crippen LogP contribution in [0.15, 0.2) is 32.6 Å². The van der Waals surface area contributed by atoms with Gasteiger partial charge >= 0.3 is 10.8 Å². The number of carboxylic acids is 1. The zero-order valence-corrected chi connectivity index (χ0v) is 19.4. The molecule has 8 nitrogen and oxygen atoms in total. The lowest BCUT2D eigenvalue weighted by Crippen LogP contribution is -2.42. The number of thioether (sulfide) groups is 1.